The van der Waals surface area contributed by atoms with Crippen LogP contribution in [0.15, 0.2) is 46.8 Å². The summed E-state index contributed by atoms with van der Waals surface area (Å²) in [4.78, 5) is 23.9. The van der Waals surface area contributed by atoms with Crippen LogP contribution in [0.3, 0.4) is 0 Å². The van der Waals surface area contributed by atoms with Crippen molar-refractivity contribution in [1.29, 1.82) is 0 Å². The van der Waals surface area contributed by atoms with E-state index in [1.54, 1.807) is 9.58 Å². The second kappa shape index (κ2) is 9.11. The molecule has 0 aliphatic carbocycles. The summed E-state index contributed by atoms with van der Waals surface area (Å²) in [6, 6.07) is 7.87. The molecule has 3 rings (SSSR count). The first-order chi connectivity index (χ1) is 14.2. The minimum absolute atomic E-state index is 0.246. The maximum atomic E-state index is 12.2. The van der Waals surface area contributed by atoms with Crippen LogP contribution in [0.4, 0.5) is 4.79 Å². The van der Waals surface area contributed by atoms with Crippen LogP contribution in [0.2, 0.25) is 0 Å². The summed E-state index contributed by atoms with van der Waals surface area (Å²) in [7, 11) is 1.89. The van der Waals surface area contributed by atoms with Gasteiger partial charge in [0.15, 0.2) is 0 Å². The average Bonchev–Trinajstić information content (AvgIpc) is 3.33. The van der Waals surface area contributed by atoms with Crippen LogP contribution in [0.1, 0.15) is 32.8 Å². The summed E-state index contributed by atoms with van der Waals surface area (Å²) in [6.07, 6.45) is 4.38. The fourth-order valence-corrected chi connectivity index (χ4v) is 3.30. The number of ether oxygens (including phenoxy) is 1. The Morgan fingerprint density at radius 3 is 2.60 bits per heavy atom. The molecule has 160 valence electrons. The molecule has 1 atom stereocenters. The molecule has 0 saturated carbocycles. The lowest BCUT2D eigenvalue weighted by Crippen LogP contribution is -2.35. The number of hydrogen-bond acceptors (Lipinski definition) is 6. The average molecular weight is 412 g/mol. The predicted molar refractivity (Wildman–Crippen MR) is 117 cm³/mol. The number of carbonyl (C=O) groups excluding carboxylic acids is 1. The number of aromatic nitrogens is 2. The lowest BCUT2D eigenvalue weighted by atomic mass is 10.1. The molecule has 8 nitrogen and oxygen atoms in total. The molecule has 1 aromatic heterocycles. The first-order valence-electron chi connectivity index (χ1n) is 10.00. The second-order valence-electron chi connectivity index (χ2n) is 8.43. The van der Waals surface area contributed by atoms with E-state index < -0.39 is 5.60 Å². The number of amides is 1. The van der Waals surface area contributed by atoms with E-state index in [0.717, 1.165) is 23.1 Å². The third kappa shape index (κ3) is 5.68. The van der Waals surface area contributed by atoms with Gasteiger partial charge in [0.2, 0.25) is 0 Å². The molecule has 2 heterocycles. The molecule has 1 saturated heterocycles. The van der Waals surface area contributed by atoms with Crippen molar-refractivity contribution < 1.29 is 14.4 Å². The van der Waals surface area contributed by atoms with E-state index in [1.165, 1.54) is 0 Å². The van der Waals surface area contributed by atoms with Gasteiger partial charge in [-0.3, -0.25) is 4.68 Å². The summed E-state index contributed by atoms with van der Waals surface area (Å²) in [5, 5.41) is 7.75. The molecular weight excluding hydrogens is 382 g/mol. The summed E-state index contributed by atoms with van der Waals surface area (Å²) in [5.41, 5.74) is 2.42. The van der Waals surface area contributed by atoms with Crippen molar-refractivity contribution in [1.82, 2.24) is 14.7 Å². The lowest BCUT2D eigenvalue weighted by molar-refractivity contribution is 0.0289. The first-order valence-corrected chi connectivity index (χ1v) is 10.00. The highest BCUT2D eigenvalue weighted by atomic mass is 16.6. The number of hydrogen-bond donors (Lipinski definition) is 0. The molecule has 1 fully saturated rings. The molecule has 1 aliphatic rings. The normalized spacial score (nSPS) is 17.1. The molecule has 1 aliphatic heterocycles. The first kappa shape index (κ1) is 21.5. The van der Waals surface area contributed by atoms with Crippen molar-refractivity contribution in [2.24, 2.45) is 23.1 Å². The number of likely N-dealkylation sites (tertiary alicyclic amines) is 1. The van der Waals surface area contributed by atoms with Crippen LogP contribution in [0.5, 0.6) is 0 Å². The number of aryl methyl sites for hydroxylation is 1. The van der Waals surface area contributed by atoms with Crippen molar-refractivity contribution in [3.8, 4) is 11.1 Å². The standard InChI is InChI=1S/C22H29N5O3/c1-22(2,3)29-21(28)27-11-10-16(14-27)12-24-20(30-23-4)18-8-6-17(7-9-18)19-13-25-26(5)15-19/h6-9,13,15-16H,4,10-12,14H2,1-3,5H3/b24-20-. The minimum atomic E-state index is -0.494. The van der Waals surface area contributed by atoms with Crippen LogP contribution in [0.25, 0.3) is 11.1 Å². The smallest absolute Gasteiger partial charge is 0.410 e. The zero-order valence-corrected chi connectivity index (χ0v) is 18.0. The largest absolute Gasteiger partial charge is 0.444 e. The minimum Gasteiger partial charge on any atom is -0.444 e. The third-order valence-corrected chi connectivity index (χ3v) is 4.75. The van der Waals surface area contributed by atoms with E-state index in [0.29, 0.717) is 25.5 Å². The van der Waals surface area contributed by atoms with Crippen molar-refractivity contribution in [2.45, 2.75) is 32.8 Å². The number of aliphatic imine (C=N–C) groups is 1. The highest BCUT2D eigenvalue weighted by Crippen LogP contribution is 2.22. The van der Waals surface area contributed by atoms with Crippen molar-refractivity contribution in [2.75, 3.05) is 19.6 Å². The Morgan fingerprint density at radius 1 is 1.27 bits per heavy atom. The van der Waals surface area contributed by atoms with Crippen molar-refractivity contribution in [3.63, 3.8) is 0 Å². The SMILES string of the molecule is C=NO/C(=N\CC1CCN(C(=O)OC(C)(C)C)C1)c1ccc(-c2cnn(C)c2)cc1. The van der Waals surface area contributed by atoms with Gasteiger partial charge >= 0.3 is 6.09 Å². The van der Waals surface area contributed by atoms with Crippen molar-refractivity contribution >= 4 is 18.7 Å². The van der Waals surface area contributed by atoms with Crippen LogP contribution in [-0.2, 0) is 16.6 Å². The maximum absolute atomic E-state index is 12.2. The van der Waals surface area contributed by atoms with Crippen LogP contribution >= 0.6 is 0 Å². The molecule has 1 unspecified atom stereocenters. The molecule has 30 heavy (non-hydrogen) atoms. The van der Waals surface area contributed by atoms with Gasteiger partial charge in [-0.05, 0) is 50.8 Å². The number of benzene rings is 1. The zero-order chi connectivity index (χ0) is 21.7. The fraction of sp³-hybridized carbons (Fsp3) is 0.455. The highest BCUT2D eigenvalue weighted by molar-refractivity contribution is 5.94. The van der Waals surface area contributed by atoms with Gasteiger partial charge in [0.25, 0.3) is 5.90 Å². The Morgan fingerprint density at radius 2 is 2.00 bits per heavy atom. The van der Waals surface area contributed by atoms with E-state index in [1.807, 2.05) is 64.5 Å². The summed E-state index contributed by atoms with van der Waals surface area (Å²) >= 11 is 0. The Bertz CT molecular complexity index is 912. The molecule has 1 amide bonds. The van der Waals surface area contributed by atoms with Gasteiger partial charge in [-0.1, -0.05) is 17.3 Å². The van der Waals surface area contributed by atoms with E-state index in [2.05, 4.69) is 22.0 Å². The van der Waals surface area contributed by atoms with Gasteiger partial charge in [-0.25, -0.2) is 9.79 Å². The Labute approximate surface area is 177 Å². The van der Waals surface area contributed by atoms with E-state index in [-0.39, 0.29) is 12.0 Å². The molecule has 0 spiro atoms. The number of rotatable bonds is 5. The summed E-state index contributed by atoms with van der Waals surface area (Å²) < 4.78 is 7.22. The molecule has 1 aromatic carbocycles. The summed E-state index contributed by atoms with van der Waals surface area (Å²) in [6.45, 7) is 10.8. The quantitative estimate of drug-likeness (QED) is 0.427. The molecule has 2 aromatic rings. The Hall–Kier alpha value is -3.16. The topological polar surface area (TPSA) is 81.3 Å². The second-order valence-corrected chi connectivity index (χ2v) is 8.43. The monoisotopic (exact) mass is 411 g/mol. The van der Waals surface area contributed by atoms with E-state index in [4.69, 9.17) is 9.57 Å². The van der Waals surface area contributed by atoms with Crippen LogP contribution in [0, 0.1) is 5.92 Å². The molecule has 0 N–H and O–H groups in total. The highest BCUT2D eigenvalue weighted by Gasteiger charge is 2.29. The fourth-order valence-electron chi connectivity index (χ4n) is 3.30. The van der Waals surface area contributed by atoms with Gasteiger partial charge in [-0.15, -0.1) is 0 Å². The molecule has 8 heteroatoms. The number of nitrogens with zero attached hydrogens (tertiary/aromatic N) is 5. The van der Waals surface area contributed by atoms with Crippen LogP contribution < -0.4 is 0 Å². The van der Waals surface area contributed by atoms with Gasteiger partial charge < -0.3 is 14.5 Å². The Kier molecular flexibility index (Phi) is 6.54. The molecule has 0 bridgehead atoms. The number of oxime groups is 1. The zero-order valence-electron chi connectivity index (χ0n) is 18.0. The lowest BCUT2D eigenvalue weighted by Gasteiger charge is -2.24. The van der Waals surface area contributed by atoms with Gasteiger partial charge in [0.1, 0.15) is 5.60 Å². The van der Waals surface area contributed by atoms with Crippen molar-refractivity contribution in [3.05, 3.63) is 42.2 Å². The molecule has 0 radical (unpaired) electrons. The van der Waals surface area contributed by atoms with Gasteiger partial charge in [-0.2, -0.15) is 5.10 Å². The number of carbonyl (C=O) groups is 1. The summed E-state index contributed by atoms with van der Waals surface area (Å²) in [5.74, 6) is 0.661. The van der Waals surface area contributed by atoms with E-state index >= 15 is 0 Å². The molecular formula is C22H29N5O3. The Balaban J connectivity index is 1.64. The van der Waals surface area contributed by atoms with E-state index in [9.17, 15) is 4.79 Å². The maximum Gasteiger partial charge on any atom is 0.410 e. The van der Waals surface area contributed by atoms with Gasteiger partial charge in [0.05, 0.1) is 6.20 Å². The van der Waals surface area contributed by atoms with Gasteiger partial charge in [0, 0.05) is 50.7 Å². The third-order valence-electron chi connectivity index (χ3n) is 4.75. The van der Waals surface area contributed by atoms with Crippen LogP contribution in [-0.4, -0.2) is 58.6 Å². The predicted octanol–water partition coefficient (Wildman–Crippen LogP) is 3.72.